The van der Waals surface area contributed by atoms with E-state index >= 15 is 0 Å². The van der Waals surface area contributed by atoms with Crippen molar-refractivity contribution < 1.29 is 19.2 Å². The Morgan fingerprint density at radius 1 is 1.03 bits per heavy atom. The molecule has 0 aliphatic rings. The van der Waals surface area contributed by atoms with Gasteiger partial charge in [0.05, 0.1) is 16.5 Å². The highest BCUT2D eigenvalue weighted by atomic mass is 16.6. The van der Waals surface area contributed by atoms with Crippen molar-refractivity contribution in [2.45, 2.75) is 6.04 Å². The molecule has 3 aromatic carbocycles. The summed E-state index contributed by atoms with van der Waals surface area (Å²) in [5.74, 6) is -0.0702. The zero-order valence-corrected chi connectivity index (χ0v) is 16.3. The molecule has 0 fully saturated rings. The van der Waals surface area contributed by atoms with E-state index in [2.05, 4.69) is 0 Å². The lowest BCUT2D eigenvalue weighted by atomic mass is 9.97. The molecule has 30 heavy (non-hydrogen) atoms. The van der Waals surface area contributed by atoms with Crippen LogP contribution in [0.4, 0.5) is 5.69 Å². The third-order valence-electron chi connectivity index (χ3n) is 4.70. The minimum atomic E-state index is -0.642. The monoisotopic (exact) mass is 404 g/mol. The number of hydrogen-bond donors (Lipinski definition) is 0. The van der Waals surface area contributed by atoms with Crippen molar-refractivity contribution in [2.75, 3.05) is 13.7 Å². The number of benzene rings is 3. The Morgan fingerprint density at radius 2 is 1.60 bits per heavy atom. The number of rotatable bonds is 8. The average Bonchev–Trinajstić information content (AvgIpc) is 2.78. The van der Waals surface area contributed by atoms with Gasteiger partial charge in [-0.05, 0) is 23.3 Å². The van der Waals surface area contributed by atoms with Crippen LogP contribution in [0.1, 0.15) is 27.5 Å². The van der Waals surface area contributed by atoms with E-state index in [0.29, 0.717) is 6.29 Å². The number of nitro benzene ring substituents is 1. The Kier molecular flexibility index (Phi) is 6.54. The largest absolute Gasteiger partial charge is 0.484 e. The van der Waals surface area contributed by atoms with E-state index in [9.17, 15) is 19.7 Å². The number of carbonyl (C=O) groups is 2. The zero-order chi connectivity index (χ0) is 21.5. The molecule has 0 aromatic heterocycles. The van der Waals surface area contributed by atoms with Crippen LogP contribution < -0.4 is 4.74 Å². The van der Waals surface area contributed by atoms with Gasteiger partial charge in [0.1, 0.15) is 5.75 Å². The van der Waals surface area contributed by atoms with E-state index in [0.717, 1.165) is 11.1 Å². The molecule has 0 N–H and O–H groups in total. The fourth-order valence-electron chi connectivity index (χ4n) is 3.18. The number of nitrogens with zero attached hydrogens (tertiary/aromatic N) is 2. The third-order valence-corrected chi connectivity index (χ3v) is 4.70. The number of nitro groups is 1. The number of aldehydes is 1. The minimum Gasteiger partial charge on any atom is -0.484 e. The molecule has 0 heterocycles. The van der Waals surface area contributed by atoms with Gasteiger partial charge in [0.2, 0.25) is 0 Å². The van der Waals surface area contributed by atoms with Crippen molar-refractivity contribution in [1.82, 2.24) is 4.90 Å². The van der Waals surface area contributed by atoms with E-state index in [-0.39, 0.29) is 35.6 Å². The number of likely N-dealkylation sites (N-methyl/N-ethyl adjacent to an activating group) is 1. The summed E-state index contributed by atoms with van der Waals surface area (Å²) in [6.07, 6.45) is 0.389. The Balaban J connectivity index is 1.78. The quantitative estimate of drug-likeness (QED) is 0.321. The van der Waals surface area contributed by atoms with Crippen molar-refractivity contribution in [2.24, 2.45) is 0 Å². The molecular formula is C23H20N2O5. The standard InChI is InChI=1S/C23H20N2O5/c1-24(23(17-8-4-2-5-9-17)18-10-6-3-7-11-18)22(27)16-30-20-12-13-21(25(28)29)19(14-20)15-26/h2-15,23H,16H2,1H3. The van der Waals surface area contributed by atoms with Crippen molar-refractivity contribution in [3.8, 4) is 5.75 Å². The first-order chi connectivity index (χ1) is 14.5. The van der Waals surface area contributed by atoms with Gasteiger partial charge in [-0.25, -0.2) is 0 Å². The summed E-state index contributed by atoms with van der Waals surface area (Å²) in [6.45, 7) is -0.275. The summed E-state index contributed by atoms with van der Waals surface area (Å²) in [7, 11) is 1.70. The molecule has 152 valence electrons. The normalized spacial score (nSPS) is 10.5. The average molecular weight is 404 g/mol. The topological polar surface area (TPSA) is 89.8 Å². The molecule has 3 rings (SSSR count). The molecule has 3 aromatic rings. The summed E-state index contributed by atoms with van der Waals surface area (Å²) in [5.41, 5.74) is 1.50. The first-order valence-electron chi connectivity index (χ1n) is 9.23. The SMILES string of the molecule is CN(C(=O)COc1ccc([N+](=O)[O-])c(C=O)c1)C(c1ccccc1)c1ccccc1. The lowest BCUT2D eigenvalue weighted by Crippen LogP contribution is -2.35. The molecule has 0 aliphatic heterocycles. The van der Waals surface area contributed by atoms with Crippen molar-refractivity contribution in [3.63, 3.8) is 0 Å². The van der Waals surface area contributed by atoms with Gasteiger partial charge in [-0.3, -0.25) is 19.7 Å². The summed E-state index contributed by atoms with van der Waals surface area (Å²) in [4.78, 5) is 35.8. The zero-order valence-electron chi connectivity index (χ0n) is 16.3. The van der Waals surface area contributed by atoms with Gasteiger partial charge in [0.15, 0.2) is 12.9 Å². The number of ether oxygens (including phenoxy) is 1. The van der Waals surface area contributed by atoms with Gasteiger partial charge in [0.25, 0.3) is 11.6 Å². The van der Waals surface area contributed by atoms with Gasteiger partial charge >= 0.3 is 0 Å². The molecule has 7 heteroatoms. The third kappa shape index (κ3) is 4.70. The molecule has 0 saturated carbocycles. The maximum Gasteiger partial charge on any atom is 0.280 e. The highest BCUT2D eigenvalue weighted by Crippen LogP contribution is 2.28. The van der Waals surface area contributed by atoms with Crippen LogP contribution in [0, 0.1) is 10.1 Å². The van der Waals surface area contributed by atoms with Crippen LogP contribution in [0.25, 0.3) is 0 Å². The van der Waals surface area contributed by atoms with Crippen LogP contribution in [0.15, 0.2) is 78.9 Å². The van der Waals surface area contributed by atoms with Crippen LogP contribution in [0.2, 0.25) is 0 Å². The molecule has 0 radical (unpaired) electrons. The van der Waals surface area contributed by atoms with E-state index in [4.69, 9.17) is 4.74 Å². The molecule has 0 spiro atoms. The van der Waals surface area contributed by atoms with Crippen LogP contribution >= 0.6 is 0 Å². The Hall–Kier alpha value is -4.00. The van der Waals surface area contributed by atoms with E-state index in [1.54, 1.807) is 11.9 Å². The minimum absolute atomic E-state index is 0.107. The molecular weight excluding hydrogens is 384 g/mol. The summed E-state index contributed by atoms with van der Waals surface area (Å²) >= 11 is 0. The smallest absolute Gasteiger partial charge is 0.280 e. The Labute approximate surface area is 173 Å². The highest BCUT2D eigenvalue weighted by molar-refractivity contribution is 5.82. The van der Waals surface area contributed by atoms with Crippen LogP contribution in [0.3, 0.4) is 0 Å². The second-order valence-electron chi connectivity index (χ2n) is 6.61. The van der Waals surface area contributed by atoms with Gasteiger partial charge in [-0.2, -0.15) is 0 Å². The molecule has 1 amide bonds. The van der Waals surface area contributed by atoms with E-state index in [1.165, 1.54) is 18.2 Å². The molecule has 0 unspecified atom stereocenters. The maximum absolute atomic E-state index is 12.9. The predicted octanol–water partition coefficient (Wildman–Crippen LogP) is 4.03. The number of hydrogen-bond acceptors (Lipinski definition) is 5. The van der Waals surface area contributed by atoms with Crippen LogP contribution in [-0.2, 0) is 4.79 Å². The van der Waals surface area contributed by atoms with Crippen molar-refractivity contribution in [3.05, 3.63) is 106 Å². The number of carbonyl (C=O) groups excluding carboxylic acids is 2. The fourth-order valence-corrected chi connectivity index (χ4v) is 3.18. The summed E-state index contributed by atoms with van der Waals surface area (Å²) < 4.78 is 5.52. The van der Waals surface area contributed by atoms with Gasteiger partial charge in [0, 0.05) is 13.1 Å². The number of amides is 1. The Bertz CT molecular complexity index is 998. The van der Waals surface area contributed by atoms with E-state index < -0.39 is 4.92 Å². The summed E-state index contributed by atoms with van der Waals surface area (Å²) in [6, 6.07) is 22.8. The lowest BCUT2D eigenvalue weighted by Gasteiger charge is -2.29. The first-order valence-corrected chi connectivity index (χ1v) is 9.23. The molecule has 0 bridgehead atoms. The first kappa shape index (κ1) is 20.7. The second kappa shape index (κ2) is 9.47. The van der Waals surface area contributed by atoms with Crippen LogP contribution in [-0.4, -0.2) is 35.7 Å². The van der Waals surface area contributed by atoms with Gasteiger partial charge < -0.3 is 9.64 Å². The maximum atomic E-state index is 12.9. The molecule has 0 aliphatic carbocycles. The van der Waals surface area contributed by atoms with Crippen molar-refractivity contribution >= 4 is 17.9 Å². The molecule has 0 saturated heterocycles. The lowest BCUT2D eigenvalue weighted by molar-refractivity contribution is -0.385. The van der Waals surface area contributed by atoms with Gasteiger partial charge in [-0.1, -0.05) is 60.7 Å². The van der Waals surface area contributed by atoms with Crippen LogP contribution in [0.5, 0.6) is 5.75 Å². The van der Waals surface area contributed by atoms with Gasteiger partial charge in [-0.15, -0.1) is 0 Å². The highest BCUT2D eigenvalue weighted by Gasteiger charge is 2.24. The van der Waals surface area contributed by atoms with Crippen molar-refractivity contribution in [1.29, 1.82) is 0 Å². The van der Waals surface area contributed by atoms with E-state index in [1.807, 2.05) is 60.7 Å². The molecule has 0 atom stereocenters. The second-order valence-corrected chi connectivity index (χ2v) is 6.61. The fraction of sp³-hybridized carbons (Fsp3) is 0.130. The Morgan fingerprint density at radius 3 is 2.10 bits per heavy atom. The predicted molar refractivity (Wildman–Crippen MR) is 111 cm³/mol. The molecule has 7 nitrogen and oxygen atoms in total. The summed E-state index contributed by atoms with van der Waals surface area (Å²) in [5, 5.41) is 10.9.